The van der Waals surface area contributed by atoms with Crippen LogP contribution in [0.2, 0.25) is 0 Å². The Balaban J connectivity index is 1.52. The van der Waals surface area contributed by atoms with Crippen LogP contribution in [-0.4, -0.2) is 56.3 Å². The monoisotopic (exact) mass is 470 g/mol. The van der Waals surface area contributed by atoms with E-state index in [0.717, 1.165) is 33.4 Å². The third kappa shape index (κ3) is 4.25. The highest BCUT2D eigenvalue weighted by Gasteiger charge is 2.33. The number of aryl methyl sites for hydroxylation is 4. The molecule has 0 bridgehead atoms. The van der Waals surface area contributed by atoms with Crippen molar-refractivity contribution >= 4 is 26.9 Å². The minimum Gasteiger partial charge on any atom is -0.494 e. The van der Waals surface area contributed by atoms with Crippen LogP contribution < -0.4 is 4.74 Å². The van der Waals surface area contributed by atoms with Crippen molar-refractivity contribution in [2.45, 2.75) is 39.5 Å². The summed E-state index contributed by atoms with van der Waals surface area (Å²) in [7, 11) is -3.63. The molecular weight excluding hydrogens is 440 g/mol. The fourth-order valence-electron chi connectivity index (χ4n) is 4.64. The number of carbonyl (C=O) groups excluding carboxylic acids is 1. The average Bonchev–Trinajstić information content (AvgIpc) is 3.08. The largest absolute Gasteiger partial charge is 0.494 e. The van der Waals surface area contributed by atoms with Crippen LogP contribution in [-0.2, 0) is 10.0 Å². The van der Waals surface area contributed by atoms with Crippen LogP contribution in [0, 0.1) is 27.7 Å². The van der Waals surface area contributed by atoms with Gasteiger partial charge >= 0.3 is 0 Å². The van der Waals surface area contributed by atoms with Crippen LogP contribution in [0.25, 0.3) is 11.0 Å². The number of furan rings is 1. The highest BCUT2D eigenvalue weighted by atomic mass is 32.2. The Bertz CT molecular complexity index is 1300. The Labute approximate surface area is 195 Å². The van der Waals surface area contributed by atoms with Gasteiger partial charge in [-0.2, -0.15) is 4.31 Å². The molecule has 1 aromatic heterocycles. The molecule has 0 N–H and O–H groups in total. The maximum absolute atomic E-state index is 13.3. The number of carbonyl (C=O) groups is 1. The number of hydrogen-bond acceptors (Lipinski definition) is 5. The van der Waals surface area contributed by atoms with E-state index in [2.05, 4.69) is 0 Å². The quantitative estimate of drug-likeness (QED) is 0.558. The van der Waals surface area contributed by atoms with Gasteiger partial charge in [0.15, 0.2) is 5.76 Å². The number of rotatable bonds is 5. The average molecular weight is 471 g/mol. The van der Waals surface area contributed by atoms with Gasteiger partial charge in [-0.15, -0.1) is 0 Å². The molecule has 2 heterocycles. The minimum absolute atomic E-state index is 0.221. The van der Waals surface area contributed by atoms with E-state index in [4.69, 9.17) is 9.15 Å². The molecule has 1 aliphatic heterocycles. The van der Waals surface area contributed by atoms with E-state index >= 15 is 0 Å². The lowest BCUT2D eigenvalue weighted by Crippen LogP contribution is -2.50. The zero-order valence-corrected chi connectivity index (χ0v) is 20.6. The van der Waals surface area contributed by atoms with Crippen molar-refractivity contribution in [3.8, 4) is 5.75 Å². The van der Waals surface area contributed by atoms with Crippen LogP contribution in [0.3, 0.4) is 0 Å². The summed E-state index contributed by atoms with van der Waals surface area (Å²) >= 11 is 0. The Morgan fingerprint density at radius 2 is 1.64 bits per heavy atom. The second-order valence-corrected chi connectivity index (χ2v) is 10.4. The second kappa shape index (κ2) is 8.83. The first-order valence-electron chi connectivity index (χ1n) is 11.2. The molecule has 2 aromatic carbocycles. The number of ether oxygens (including phenoxy) is 1. The summed E-state index contributed by atoms with van der Waals surface area (Å²) in [5, 5.41) is 0.843. The predicted octanol–water partition coefficient (Wildman–Crippen LogP) is 4.21. The molecular formula is C25H30N2O5S. The van der Waals surface area contributed by atoms with Gasteiger partial charge in [0, 0.05) is 37.1 Å². The molecule has 1 aliphatic rings. The summed E-state index contributed by atoms with van der Waals surface area (Å²) in [6, 6.07) is 9.29. The molecule has 0 radical (unpaired) electrons. The first-order chi connectivity index (χ1) is 15.6. The smallest absolute Gasteiger partial charge is 0.289 e. The van der Waals surface area contributed by atoms with Gasteiger partial charge in [0.2, 0.25) is 10.0 Å². The second-order valence-electron chi connectivity index (χ2n) is 8.57. The molecule has 4 rings (SSSR count). The molecule has 33 heavy (non-hydrogen) atoms. The normalized spacial score (nSPS) is 15.2. The number of nitrogens with zero attached hydrogens (tertiary/aromatic N) is 2. The molecule has 3 aromatic rings. The lowest BCUT2D eigenvalue weighted by Gasteiger charge is -2.34. The molecule has 0 aliphatic carbocycles. The van der Waals surface area contributed by atoms with Crippen LogP contribution in [0.4, 0.5) is 0 Å². The van der Waals surface area contributed by atoms with Gasteiger partial charge < -0.3 is 14.1 Å². The van der Waals surface area contributed by atoms with E-state index < -0.39 is 10.0 Å². The lowest BCUT2D eigenvalue weighted by atomic mass is 10.1. The Hall–Kier alpha value is -2.84. The summed E-state index contributed by atoms with van der Waals surface area (Å²) in [4.78, 5) is 15.2. The molecule has 0 atom stereocenters. The number of fused-ring (bicyclic) bond motifs is 1. The van der Waals surface area contributed by atoms with E-state index in [1.807, 2.05) is 58.9 Å². The Morgan fingerprint density at radius 3 is 2.24 bits per heavy atom. The van der Waals surface area contributed by atoms with E-state index in [-0.39, 0.29) is 19.0 Å². The van der Waals surface area contributed by atoms with Crippen molar-refractivity contribution in [2.75, 3.05) is 32.8 Å². The topological polar surface area (TPSA) is 80.1 Å². The number of hydrogen-bond donors (Lipinski definition) is 0. The first kappa shape index (κ1) is 23.3. The fraction of sp³-hybridized carbons (Fsp3) is 0.400. The molecule has 1 fully saturated rings. The molecule has 7 nitrogen and oxygen atoms in total. The fourth-order valence-corrected chi connectivity index (χ4v) is 6.47. The van der Waals surface area contributed by atoms with Gasteiger partial charge in [0.05, 0.1) is 11.5 Å². The summed E-state index contributed by atoms with van der Waals surface area (Å²) in [6.07, 6.45) is 0. The van der Waals surface area contributed by atoms with E-state index in [1.165, 1.54) is 4.31 Å². The summed E-state index contributed by atoms with van der Waals surface area (Å²) in [5.74, 6) is 0.801. The van der Waals surface area contributed by atoms with Gasteiger partial charge in [-0.3, -0.25) is 4.79 Å². The SMILES string of the molecule is CCOc1ccc2oc(C(=O)N3CCN(S(=O)(=O)c4c(C)cc(C)cc4C)CC3)c(C)c2c1. The molecule has 176 valence electrons. The zero-order valence-electron chi connectivity index (χ0n) is 19.8. The maximum Gasteiger partial charge on any atom is 0.289 e. The lowest BCUT2D eigenvalue weighted by molar-refractivity contribution is 0.0667. The number of piperazine rings is 1. The van der Waals surface area contributed by atoms with Crippen LogP contribution in [0.15, 0.2) is 39.6 Å². The number of benzene rings is 2. The van der Waals surface area contributed by atoms with Crippen molar-refractivity contribution in [1.82, 2.24) is 9.21 Å². The Kier molecular flexibility index (Phi) is 6.24. The van der Waals surface area contributed by atoms with Crippen molar-refractivity contribution in [2.24, 2.45) is 0 Å². The van der Waals surface area contributed by atoms with Crippen LogP contribution in [0.5, 0.6) is 5.75 Å². The standard InChI is InChI=1S/C25H30N2O5S/c1-6-31-20-7-8-22-21(15-20)19(5)23(32-22)25(28)26-9-11-27(12-10-26)33(29,30)24-17(3)13-16(2)14-18(24)4/h7-8,13-15H,6,9-12H2,1-5H3. The number of amides is 1. The first-order valence-corrected chi connectivity index (χ1v) is 12.6. The molecule has 0 unspecified atom stereocenters. The van der Waals surface area contributed by atoms with Crippen molar-refractivity contribution in [3.05, 3.63) is 58.3 Å². The molecule has 1 amide bonds. The third-order valence-electron chi connectivity index (χ3n) is 6.14. The van der Waals surface area contributed by atoms with Crippen LogP contribution in [0.1, 0.15) is 39.7 Å². The Morgan fingerprint density at radius 1 is 1.00 bits per heavy atom. The highest BCUT2D eigenvalue weighted by molar-refractivity contribution is 7.89. The molecule has 1 saturated heterocycles. The van der Waals surface area contributed by atoms with E-state index in [0.29, 0.717) is 35.9 Å². The van der Waals surface area contributed by atoms with E-state index in [1.54, 1.807) is 11.0 Å². The summed E-state index contributed by atoms with van der Waals surface area (Å²) < 4.78 is 39.6. The molecule has 8 heteroatoms. The van der Waals surface area contributed by atoms with Gasteiger partial charge in [0.1, 0.15) is 11.3 Å². The minimum atomic E-state index is -3.63. The maximum atomic E-state index is 13.3. The van der Waals surface area contributed by atoms with Crippen LogP contribution >= 0.6 is 0 Å². The summed E-state index contributed by atoms with van der Waals surface area (Å²) in [5.41, 5.74) is 3.92. The van der Waals surface area contributed by atoms with Crippen molar-refractivity contribution in [1.29, 1.82) is 0 Å². The number of sulfonamides is 1. The highest BCUT2D eigenvalue weighted by Crippen LogP contribution is 2.31. The van der Waals surface area contributed by atoms with Gasteiger partial charge in [-0.05, 0) is 63.9 Å². The predicted molar refractivity (Wildman–Crippen MR) is 127 cm³/mol. The van der Waals surface area contributed by atoms with Gasteiger partial charge in [-0.25, -0.2) is 8.42 Å². The van der Waals surface area contributed by atoms with Gasteiger partial charge in [0.25, 0.3) is 5.91 Å². The zero-order chi connectivity index (χ0) is 23.9. The van der Waals surface area contributed by atoms with Crippen molar-refractivity contribution in [3.63, 3.8) is 0 Å². The summed E-state index contributed by atoms with van der Waals surface area (Å²) in [6.45, 7) is 11.1. The third-order valence-corrected chi connectivity index (χ3v) is 8.35. The van der Waals surface area contributed by atoms with Gasteiger partial charge in [-0.1, -0.05) is 17.7 Å². The molecule has 0 spiro atoms. The molecule has 0 saturated carbocycles. The van der Waals surface area contributed by atoms with E-state index in [9.17, 15) is 13.2 Å². The van der Waals surface area contributed by atoms with Crippen molar-refractivity contribution < 1.29 is 22.4 Å².